The highest BCUT2D eigenvalue weighted by molar-refractivity contribution is 7.80. The lowest BCUT2D eigenvalue weighted by atomic mass is 10.3. The second-order valence-corrected chi connectivity index (χ2v) is 7.07. The maximum atomic E-state index is 5.57. The molecule has 0 bridgehead atoms. The van der Waals surface area contributed by atoms with E-state index in [1.54, 1.807) is 14.2 Å². The Bertz CT molecular complexity index is 769. The number of piperazine rings is 1. The van der Waals surface area contributed by atoms with Crippen molar-refractivity contribution in [2.24, 2.45) is 0 Å². The molecule has 2 N–H and O–H groups in total. The highest BCUT2D eigenvalue weighted by Crippen LogP contribution is 2.19. The Morgan fingerprint density at radius 1 is 0.750 bits per heavy atom. The summed E-state index contributed by atoms with van der Waals surface area (Å²) >= 11 is 11.1. The Hall–Kier alpha value is -2.58. The molecule has 1 aliphatic rings. The van der Waals surface area contributed by atoms with Crippen LogP contribution in [0.4, 0.5) is 11.4 Å². The Morgan fingerprint density at radius 3 is 1.50 bits per heavy atom. The summed E-state index contributed by atoms with van der Waals surface area (Å²) in [5, 5.41) is 7.97. The standard InChI is InChI=1S/C20H24N4O2S2/c1-25-17-7-3-5-15(13-17)21-19(27)23-9-11-24(12-10-23)20(28)22-16-6-4-8-18(14-16)26-2/h3-8,13-14H,9-12H2,1-2H3,(H,21,27)(H,22,28). The molecule has 1 saturated heterocycles. The van der Waals surface area contributed by atoms with E-state index in [4.69, 9.17) is 33.9 Å². The van der Waals surface area contributed by atoms with Crippen LogP contribution < -0.4 is 20.1 Å². The summed E-state index contributed by atoms with van der Waals surface area (Å²) < 4.78 is 10.5. The molecule has 148 valence electrons. The number of ether oxygens (including phenoxy) is 2. The summed E-state index contributed by atoms with van der Waals surface area (Å²) in [6, 6.07) is 15.5. The molecule has 0 unspecified atom stereocenters. The van der Waals surface area contributed by atoms with Crippen LogP contribution in [-0.4, -0.2) is 60.4 Å². The number of hydrogen-bond acceptors (Lipinski definition) is 4. The minimum Gasteiger partial charge on any atom is -0.497 e. The van der Waals surface area contributed by atoms with Crippen LogP contribution >= 0.6 is 24.4 Å². The van der Waals surface area contributed by atoms with Crippen molar-refractivity contribution in [2.75, 3.05) is 51.0 Å². The van der Waals surface area contributed by atoms with E-state index in [2.05, 4.69) is 20.4 Å². The van der Waals surface area contributed by atoms with Gasteiger partial charge in [-0.15, -0.1) is 0 Å². The third-order valence-corrected chi connectivity index (χ3v) is 5.22. The van der Waals surface area contributed by atoms with Crippen molar-refractivity contribution in [3.8, 4) is 11.5 Å². The van der Waals surface area contributed by atoms with Gasteiger partial charge >= 0.3 is 0 Å². The topological polar surface area (TPSA) is 49.0 Å². The number of methoxy groups -OCH3 is 2. The molecule has 0 saturated carbocycles. The van der Waals surface area contributed by atoms with Crippen LogP contribution in [-0.2, 0) is 0 Å². The lowest BCUT2D eigenvalue weighted by Gasteiger charge is -2.37. The van der Waals surface area contributed by atoms with E-state index in [1.807, 2.05) is 48.5 Å². The van der Waals surface area contributed by atoms with Gasteiger partial charge in [-0.25, -0.2) is 0 Å². The van der Waals surface area contributed by atoms with Crippen molar-refractivity contribution < 1.29 is 9.47 Å². The van der Waals surface area contributed by atoms with Gasteiger partial charge in [-0.1, -0.05) is 12.1 Å². The first-order valence-corrected chi connectivity index (χ1v) is 9.80. The lowest BCUT2D eigenvalue weighted by Crippen LogP contribution is -2.52. The average Bonchev–Trinajstić information content (AvgIpc) is 2.74. The number of rotatable bonds is 4. The minimum absolute atomic E-state index is 0.708. The molecular weight excluding hydrogens is 392 g/mol. The van der Waals surface area contributed by atoms with Crippen LogP contribution in [0.1, 0.15) is 0 Å². The van der Waals surface area contributed by atoms with E-state index in [0.29, 0.717) is 10.2 Å². The van der Waals surface area contributed by atoms with Gasteiger partial charge in [-0.05, 0) is 48.7 Å². The maximum Gasteiger partial charge on any atom is 0.173 e. The molecule has 0 aliphatic carbocycles. The third-order valence-electron chi connectivity index (χ3n) is 4.50. The molecule has 0 aromatic heterocycles. The molecular formula is C20H24N4O2S2. The van der Waals surface area contributed by atoms with Crippen LogP contribution in [0.15, 0.2) is 48.5 Å². The van der Waals surface area contributed by atoms with Gasteiger partial charge in [-0.2, -0.15) is 0 Å². The second-order valence-electron chi connectivity index (χ2n) is 6.30. The number of nitrogens with zero attached hydrogens (tertiary/aromatic N) is 2. The highest BCUT2D eigenvalue weighted by atomic mass is 32.1. The molecule has 1 aliphatic heterocycles. The summed E-state index contributed by atoms with van der Waals surface area (Å²) in [5.74, 6) is 1.60. The van der Waals surface area contributed by atoms with Gasteiger partial charge < -0.3 is 29.9 Å². The number of anilines is 2. The number of thiocarbonyl (C=S) groups is 2. The fourth-order valence-electron chi connectivity index (χ4n) is 2.92. The maximum absolute atomic E-state index is 5.57. The molecule has 3 rings (SSSR count). The predicted molar refractivity (Wildman–Crippen MR) is 122 cm³/mol. The van der Waals surface area contributed by atoms with E-state index in [1.165, 1.54) is 0 Å². The van der Waals surface area contributed by atoms with Crippen LogP contribution in [0.25, 0.3) is 0 Å². The molecule has 1 fully saturated rings. The molecule has 1 heterocycles. The third kappa shape index (κ3) is 5.24. The Kier molecular flexibility index (Phi) is 6.89. The smallest absolute Gasteiger partial charge is 0.173 e. The van der Waals surface area contributed by atoms with E-state index in [0.717, 1.165) is 49.1 Å². The van der Waals surface area contributed by atoms with Crippen LogP contribution in [0.2, 0.25) is 0 Å². The SMILES string of the molecule is COc1cccc(NC(=S)N2CCN(C(=S)Nc3cccc(OC)c3)CC2)c1. The molecule has 0 radical (unpaired) electrons. The largest absolute Gasteiger partial charge is 0.497 e. The van der Waals surface area contributed by atoms with Gasteiger partial charge in [0.05, 0.1) is 14.2 Å². The van der Waals surface area contributed by atoms with Crippen molar-refractivity contribution in [1.82, 2.24) is 9.80 Å². The zero-order chi connectivity index (χ0) is 19.9. The Morgan fingerprint density at radius 2 is 1.14 bits per heavy atom. The molecule has 2 aromatic carbocycles. The average molecular weight is 417 g/mol. The highest BCUT2D eigenvalue weighted by Gasteiger charge is 2.21. The van der Waals surface area contributed by atoms with Crippen molar-refractivity contribution in [1.29, 1.82) is 0 Å². The van der Waals surface area contributed by atoms with Crippen LogP contribution in [0.5, 0.6) is 11.5 Å². The summed E-state index contributed by atoms with van der Waals surface area (Å²) in [6.07, 6.45) is 0. The first-order valence-electron chi connectivity index (χ1n) is 8.99. The Labute approximate surface area is 176 Å². The molecule has 0 atom stereocenters. The van der Waals surface area contributed by atoms with Gasteiger partial charge in [0, 0.05) is 49.7 Å². The molecule has 2 aromatic rings. The van der Waals surface area contributed by atoms with Crippen molar-refractivity contribution >= 4 is 46.0 Å². The normalized spacial score (nSPS) is 13.6. The number of nitrogens with one attached hydrogen (secondary N) is 2. The van der Waals surface area contributed by atoms with Crippen molar-refractivity contribution in [3.05, 3.63) is 48.5 Å². The van der Waals surface area contributed by atoms with E-state index in [9.17, 15) is 0 Å². The molecule has 28 heavy (non-hydrogen) atoms. The monoisotopic (exact) mass is 416 g/mol. The van der Waals surface area contributed by atoms with Crippen LogP contribution in [0.3, 0.4) is 0 Å². The lowest BCUT2D eigenvalue weighted by molar-refractivity contribution is 0.264. The van der Waals surface area contributed by atoms with E-state index < -0.39 is 0 Å². The Balaban J connectivity index is 1.50. The summed E-state index contributed by atoms with van der Waals surface area (Å²) in [7, 11) is 3.30. The van der Waals surface area contributed by atoms with Gasteiger partial charge in [0.15, 0.2) is 10.2 Å². The zero-order valence-electron chi connectivity index (χ0n) is 16.0. The summed E-state index contributed by atoms with van der Waals surface area (Å²) in [6.45, 7) is 3.21. The number of hydrogen-bond donors (Lipinski definition) is 2. The van der Waals surface area contributed by atoms with E-state index >= 15 is 0 Å². The summed E-state index contributed by atoms with van der Waals surface area (Å²) in [5.41, 5.74) is 1.84. The first kappa shape index (κ1) is 20.2. The fourth-order valence-corrected chi connectivity index (χ4v) is 3.52. The minimum atomic E-state index is 0.708. The zero-order valence-corrected chi connectivity index (χ0v) is 17.6. The molecule has 8 heteroatoms. The predicted octanol–water partition coefficient (Wildman–Crippen LogP) is 3.42. The van der Waals surface area contributed by atoms with Gasteiger partial charge in [0.1, 0.15) is 11.5 Å². The quantitative estimate of drug-likeness (QED) is 0.736. The second kappa shape index (κ2) is 9.57. The van der Waals surface area contributed by atoms with E-state index in [-0.39, 0.29) is 0 Å². The van der Waals surface area contributed by atoms with Gasteiger partial charge in [-0.3, -0.25) is 0 Å². The molecule has 6 nitrogen and oxygen atoms in total. The fraction of sp³-hybridized carbons (Fsp3) is 0.300. The van der Waals surface area contributed by atoms with Crippen molar-refractivity contribution in [3.63, 3.8) is 0 Å². The summed E-state index contributed by atoms with van der Waals surface area (Å²) in [4.78, 5) is 4.30. The van der Waals surface area contributed by atoms with Gasteiger partial charge in [0.25, 0.3) is 0 Å². The van der Waals surface area contributed by atoms with Crippen molar-refractivity contribution in [2.45, 2.75) is 0 Å². The number of benzene rings is 2. The first-order chi connectivity index (χ1) is 13.6. The van der Waals surface area contributed by atoms with Gasteiger partial charge in [0.2, 0.25) is 0 Å². The molecule has 0 amide bonds. The molecule has 0 spiro atoms. The van der Waals surface area contributed by atoms with Crippen LogP contribution in [0, 0.1) is 0 Å².